The molecule has 0 fully saturated rings. The predicted molar refractivity (Wildman–Crippen MR) is 87.9 cm³/mol. The standard InChI is InChI=1S/C16H18ClNO3S/c1-13-3-9-16(10-4-13)22(19,20)18(2)11-12-21-15-7-5-14(17)6-8-15/h3-10H,11-12H2,1-2H3. The molecule has 0 saturated carbocycles. The maximum atomic E-state index is 12.4. The summed E-state index contributed by atoms with van der Waals surface area (Å²) in [4.78, 5) is 0.284. The summed E-state index contributed by atoms with van der Waals surface area (Å²) in [5, 5.41) is 0.631. The van der Waals surface area contributed by atoms with E-state index in [9.17, 15) is 8.42 Å². The summed E-state index contributed by atoms with van der Waals surface area (Å²) in [6.07, 6.45) is 0. The Hall–Kier alpha value is -1.56. The van der Waals surface area contributed by atoms with Crippen LogP contribution in [0.5, 0.6) is 5.75 Å². The van der Waals surface area contributed by atoms with Crippen LogP contribution in [-0.4, -0.2) is 32.9 Å². The van der Waals surface area contributed by atoms with Crippen LogP contribution in [0.2, 0.25) is 5.02 Å². The molecule has 0 unspecified atom stereocenters. The molecule has 22 heavy (non-hydrogen) atoms. The highest BCUT2D eigenvalue weighted by molar-refractivity contribution is 7.89. The van der Waals surface area contributed by atoms with Crippen LogP contribution in [-0.2, 0) is 10.0 Å². The lowest BCUT2D eigenvalue weighted by atomic mass is 10.2. The number of rotatable bonds is 6. The van der Waals surface area contributed by atoms with Crippen molar-refractivity contribution in [3.63, 3.8) is 0 Å². The van der Waals surface area contributed by atoms with E-state index in [1.807, 2.05) is 6.92 Å². The Kier molecular flexibility index (Phi) is 5.45. The Labute approximate surface area is 136 Å². The van der Waals surface area contributed by atoms with E-state index in [0.29, 0.717) is 10.8 Å². The second-order valence-electron chi connectivity index (χ2n) is 4.94. The van der Waals surface area contributed by atoms with Gasteiger partial charge >= 0.3 is 0 Å². The molecule has 4 nitrogen and oxygen atoms in total. The van der Waals surface area contributed by atoms with Gasteiger partial charge in [0.2, 0.25) is 10.0 Å². The quantitative estimate of drug-likeness (QED) is 0.810. The second kappa shape index (κ2) is 7.13. The third-order valence-corrected chi connectivity index (χ3v) is 5.34. The van der Waals surface area contributed by atoms with Gasteiger partial charge < -0.3 is 4.74 Å². The highest BCUT2D eigenvalue weighted by atomic mass is 35.5. The SMILES string of the molecule is Cc1ccc(S(=O)(=O)N(C)CCOc2ccc(Cl)cc2)cc1. The van der Waals surface area contributed by atoms with Crippen molar-refractivity contribution in [2.75, 3.05) is 20.2 Å². The zero-order valence-corrected chi connectivity index (χ0v) is 14.1. The fourth-order valence-corrected chi connectivity index (χ4v) is 3.11. The van der Waals surface area contributed by atoms with Crippen LogP contribution in [0.25, 0.3) is 0 Å². The van der Waals surface area contributed by atoms with Gasteiger partial charge in [-0.15, -0.1) is 0 Å². The van der Waals surface area contributed by atoms with E-state index in [4.69, 9.17) is 16.3 Å². The van der Waals surface area contributed by atoms with Crippen LogP contribution < -0.4 is 4.74 Å². The molecule has 2 aromatic rings. The monoisotopic (exact) mass is 339 g/mol. The number of halogens is 1. The molecule has 0 spiro atoms. The fourth-order valence-electron chi connectivity index (χ4n) is 1.83. The summed E-state index contributed by atoms with van der Waals surface area (Å²) in [7, 11) is -1.94. The van der Waals surface area contributed by atoms with Crippen LogP contribution in [0.1, 0.15) is 5.56 Å². The second-order valence-corrected chi connectivity index (χ2v) is 7.42. The number of nitrogens with zero attached hydrogens (tertiary/aromatic N) is 1. The molecule has 0 aliphatic rings. The van der Waals surface area contributed by atoms with Crippen molar-refractivity contribution in [1.29, 1.82) is 0 Å². The van der Waals surface area contributed by atoms with E-state index in [0.717, 1.165) is 5.56 Å². The van der Waals surface area contributed by atoms with Gasteiger partial charge in [0.15, 0.2) is 0 Å². The lowest BCUT2D eigenvalue weighted by molar-refractivity contribution is 0.287. The highest BCUT2D eigenvalue weighted by Crippen LogP contribution is 2.17. The van der Waals surface area contributed by atoms with Crippen LogP contribution in [0, 0.1) is 6.92 Å². The van der Waals surface area contributed by atoms with E-state index < -0.39 is 10.0 Å². The number of likely N-dealkylation sites (N-methyl/N-ethyl adjacent to an activating group) is 1. The van der Waals surface area contributed by atoms with Gasteiger partial charge in [-0.3, -0.25) is 0 Å². The molecule has 0 radical (unpaired) electrons. The summed E-state index contributed by atoms with van der Waals surface area (Å²) in [5.41, 5.74) is 1.02. The minimum Gasteiger partial charge on any atom is -0.492 e. The normalized spacial score (nSPS) is 11.6. The molecule has 0 bridgehead atoms. The van der Waals surface area contributed by atoms with Crippen LogP contribution in [0.4, 0.5) is 0 Å². The number of hydrogen-bond acceptors (Lipinski definition) is 3. The van der Waals surface area contributed by atoms with E-state index in [2.05, 4.69) is 0 Å². The van der Waals surface area contributed by atoms with Crippen molar-refractivity contribution in [1.82, 2.24) is 4.31 Å². The fraction of sp³-hybridized carbons (Fsp3) is 0.250. The molecule has 118 valence electrons. The van der Waals surface area contributed by atoms with Crippen molar-refractivity contribution in [2.45, 2.75) is 11.8 Å². The molecule has 0 aliphatic heterocycles. The molecule has 0 aromatic heterocycles. The number of hydrogen-bond donors (Lipinski definition) is 0. The maximum absolute atomic E-state index is 12.4. The number of ether oxygens (including phenoxy) is 1. The van der Waals surface area contributed by atoms with E-state index >= 15 is 0 Å². The third-order valence-electron chi connectivity index (χ3n) is 3.22. The first-order valence-electron chi connectivity index (χ1n) is 6.81. The third kappa shape index (κ3) is 4.22. The molecule has 6 heteroatoms. The van der Waals surface area contributed by atoms with Gasteiger partial charge in [0.05, 0.1) is 4.90 Å². The maximum Gasteiger partial charge on any atom is 0.242 e. The van der Waals surface area contributed by atoms with Gasteiger partial charge in [0.1, 0.15) is 12.4 Å². The summed E-state index contributed by atoms with van der Waals surface area (Å²) in [6.45, 7) is 2.45. The average molecular weight is 340 g/mol. The number of aryl methyl sites for hydroxylation is 1. The Morgan fingerprint density at radius 1 is 1.05 bits per heavy atom. The lowest BCUT2D eigenvalue weighted by Crippen LogP contribution is -2.31. The summed E-state index contributed by atoms with van der Waals surface area (Å²) >= 11 is 5.79. The van der Waals surface area contributed by atoms with E-state index in [-0.39, 0.29) is 18.0 Å². The molecule has 2 aromatic carbocycles. The first kappa shape index (κ1) is 16.8. The molecule has 0 heterocycles. The molecule has 0 atom stereocenters. The van der Waals surface area contributed by atoms with Crippen molar-refractivity contribution in [3.05, 3.63) is 59.1 Å². The molecule has 2 rings (SSSR count). The zero-order valence-electron chi connectivity index (χ0n) is 12.5. The highest BCUT2D eigenvalue weighted by Gasteiger charge is 2.20. The molecule has 0 aliphatic carbocycles. The molecule has 0 amide bonds. The summed E-state index contributed by atoms with van der Waals surface area (Å²) in [6, 6.07) is 13.7. The van der Waals surface area contributed by atoms with Crippen molar-refractivity contribution in [3.8, 4) is 5.75 Å². The number of sulfonamides is 1. The van der Waals surface area contributed by atoms with Gasteiger partial charge in [0.25, 0.3) is 0 Å². The summed E-state index contributed by atoms with van der Waals surface area (Å²) in [5.74, 6) is 0.658. The smallest absolute Gasteiger partial charge is 0.242 e. The molecular formula is C16H18ClNO3S. The minimum atomic E-state index is -3.48. The Balaban J connectivity index is 1.94. The molecular weight excluding hydrogens is 322 g/mol. The van der Waals surface area contributed by atoms with E-state index in [1.165, 1.54) is 4.31 Å². The zero-order chi connectivity index (χ0) is 16.2. The Morgan fingerprint density at radius 2 is 1.64 bits per heavy atom. The van der Waals surface area contributed by atoms with Gasteiger partial charge in [0, 0.05) is 18.6 Å². The van der Waals surface area contributed by atoms with Crippen LogP contribution in [0.3, 0.4) is 0 Å². The predicted octanol–water partition coefficient (Wildman–Crippen LogP) is 3.35. The van der Waals surface area contributed by atoms with Gasteiger partial charge in [-0.25, -0.2) is 8.42 Å². The van der Waals surface area contributed by atoms with Crippen molar-refractivity contribution >= 4 is 21.6 Å². The average Bonchev–Trinajstić information content (AvgIpc) is 2.49. The molecule has 0 saturated heterocycles. The van der Waals surface area contributed by atoms with Gasteiger partial charge in [-0.05, 0) is 43.3 Å². The Bertz CT molecular complexity index is 712. The Morgan fingerprint density at radius 3 is 2.23 bits per heavy atom. The van der Waals surface area contributed by atoms with Crippen LogP contribution in [0.15, 0.2) is 53.4 Å². The van der Waals surface area contributed by atoms with Gasteiger partial charge in [-0.2, -0.15) is 4.31 Å². The topological polar surface area (TPSA) is 46.6 Å². The number of benzene rings is 2. The first-order valence-corrected chi connectivity index (χ1v) is 8.63. The van der Waals surface area contributed by atoms with E-state index in [1.54, 1.807) is 55.6 Å². The summed E-state index contributed by atoms with van der Waals surface area (Å²) < 4.78 is 31.6. The lowest BCUT2D eigenvalue weighted by Gasteiger charge is -2.17. The molecule has 0 N–H and O–H groups in total. The van der Waals surface area contributed by atoms with Crippen molar-refractivity contribution < 1.29 is 13.2 Å². The largest absolute Gasteiger partial charge is 0.492 e. The first-order chi connectivity index (χ1) is 10.4. The minimum absolute atomic E-state index is 0.263. The van der Waals surface area contributed by atoms with Crippen LogP contribution >= 0.6 is 11.6 Å². The van der Waals surface area contributed by atoms with Crippen molar-refractivity contribution in [2.24, 2.45) is 0 Å². The van der Waals surface area contributed by atoms with Gasteiger partial charge in [-0.1, -0.05) is 29.3 Å².